The van der Waals surface area contributed by atoms with Crippen LogP contribution in [0, 0.1) is 20.8 Å². The number of benzene rings is 1. The number of aryl methyl sites for hydroxylation is 3. The topological polar surface area (TPSA) is 44.0 Å². The highest BCUT2D eigenvalue weighted by atomic mass is 15.1. The van der Waals surface area contributed by atoms with E-state index in [2.05, 4.69) is 72.6 Å². The zero-order valence-electron chi connectivity index (χ0n) is 13.7. The lowest BCUT2D eigenvalue weighted by Crippen LogP contribution is -2.31. The highest BCUT2D eigenvalue weighted by molar-refractivity contribution is 5.25. The van der Waals surface area contributed by atoms with Gasteiger partial charge in [0.1, 0.15) is 0 Å². The Morgan fingerprint density at radius 2 is 1.81 bits per heavy atom. The molecule has 1 atom stereocenters. The number of likely N-dealkylation sites (N-methyl/N-ethyl adjacent to an activating group) is 1. The molecule has 114 valence electrons. The second-order valence-electron chi connectivity index (χ2n) is 5.93. The number of rotatable bonds is 6. The van der Waals surface area contributed by atoms with E-state index < -0.39 is 0 Å². The Morgan fingerprint density at radius 1 is 1.14 bits per heavy atom. The summed E-state index contributed by atoms with van der Waals surface area (Å²) in [6.45, 7) is 8.01. The molecule has 0 radical (unpaired) electrons. The van der Waals surface area contributed by atoms with Crippen molar-refractivity contribution in [2.75, 3.05) is 20.6 Å². The standard InChI is InChI=1S/C17H26N4/c1-12-6-8-15(9-7-12)17(21(4)5)11-18-10-16-13(2)19-20-14(16)3/h6-9,17-18H,10-11H2,1-5H3,(H,19,20)/t17-/m0/s1. The maximum absolute atomic E-state index is 4.24. The second-order valence-corrected chi connectivity index (χ2v) is 5.93. The molecule has 0 unspecified atom stereocenters. The van der Waals surface area contributed by atoms with E-state index in [1.54, 1.807) is 0 Å². The number of aromatic nitrogens is 2. The van der Waals surface area contributed by atoms with E-state index in [4.69, 9.17) is 0 Å². The average Bonchev–Trinajstić information content (AvgIpc) is 2.76. The monoisotopic (exact) mass is 286 g/mol. The molecule has 0 aliphatic carbocycles. The van der Waals surface area contributed by atoms with Crippen molar-refractivity contribution in [3.05, 3.63) is 52.3 Å². The summed E-state index contributed by atoms with van der Waals surface area (Å²) in [5.74, 6) is 0. The van der Waals surface area contributed by atoms with Crippen LogP contribution in [-0.2, 0) is 6.54 Å². The van der Waals surface area contributed by atoms with E-state index >= 15 is 0 Å². The highest BCUT2D eigenvalue weighted by Crippen LogP contribution is 2.18. The van der Waals surface area contributed by atoms with E-state index in [1.807, 2.05) is 6.92 Å². The first-order valence-electron chi connectivity index (χ1n) is 7.43. The molecule has 0 aliphatic heterocycles. The van der Waals surface area contributed by atoms with Crippen LogP contribution < -0.4 is 5.32 Å². The number of H-pyrrole nitrogens is 1. The molecule has 0 bridgehead atoms. The van der Waals surface area contributed by atoms with E-state index in [0.717, 1.165) is 24.5 Å². The van der Waals surface area contributed by atoms with Gasteiger partial charge in [0.15, 0.2) is 0 Å². The van der Waals surface area contributed by atoms with Crippen LogP contribution in [-0.4, -0.2) is 35.7 Å². The summed E-state index contributed by atoms with van der Waals surface area (Å²) < 4.78 is 0. The minimum absolute atomic E-state index is 0.373. The minimum atomic E-state index is 0.373. The van der Waals surface area contributed by atoms with Crippen molar-refractivity contribution in [1.82, 2.24) is 20.4 Å². The van der Waals surface area contributed by atoms with E-state index in [9.17, 15) is 0 Å². The van der Waals surface area contributed by atoms with Crippen molar-refractivity contribution in [1.29, 1.82) is 0 Å². The van der Waals surface area contributed by atoms with Crippen LogP contribution in [0.2, 0.25) is 0 Å². The third kappa shape index (κ3) is 3.93. The van der Waals surface area contributed by atoms with Crippen LogP contribution in [0.5, 0.6) is 0 Å². The fraction of sp³-hybridized carbons (Fsp3) is 0.471. The highest BCUT2D eigenvalue weighted by Gasteiger charge is 2.14. The molecule has 0 fully saturated rings. The lowest BCUT2D eigenvalue weighted by Gasteiger charge is -2.25. The number of hydrogen-bond donors (Lipinski definition) is 2. The lowest BCUT2D eigenvalue weighted by atomic mass is 10.0. The fourth-order valence-corrected chi connectivity index (χ4v) is 2.56. The van der Waals surface area contributed by atoms with Gasteiger partial charge in [0.25, 0.3) is 0 Å². The number of nitrogens with zero attached hydrogens (tertiary/aromatic N) is 2. The normalized spacial score (nSPS) is 12.9. The van der Waals surface area contributed by atoms with Gasteiger partial charge in [-0.15, -0.1) is 0 Å². The summed E-state index contributed by atoms with van der Waals surface area (Å²) in [5.41, 5.74) is 6.15. The van der Waals surface area contributed by atoms with Crippen LogP contribution in [0.4, 0.5) is 0 Å². The zero-order valence-corrected chi connectivity index (χ0v) is 13.7. The molecule has 0 amide bonds. The van der Waals surface area contributed by atoms with E-state index in [0.29, 0.717) is 6.04 Å². The minimum Gasteiger partial charge on any atom is -0.311 e. The maximum atomic E-state index is 4.24. The first kappa shape index (κ1) is 15.7. The quantitative estimate of drug-likeness (QED) is 0.858. The van der Waals surface area contributed by atoms with Crippen molar-refractivity contribution in [2.24, 2.45) is 0 Å². The molecule has 0 aliphatic rings. The van der Waals surface area contributed by atoms with Gasteiger partial charge in [-0.05, 0) is 40.4 Å². The van der Waals surface area contributed by atoms with Crippen LogP contribution in [0.25, 0.3) is 0 Å². The number of aromatic amines is 1. The number of nitrogens with one attached hydrogen (secondary N) is 2. The van der Waals surface area contributed by atoms with Crippen molar-refractivity contribution in [3.8, 4) is 0 Å². The lowest BCUT2D eigenvalue weighted by molar-refractivity contribution is 0.288. The maximum Gasteiger partial charge on any atom is 0.0638 e. The molecule has 2 N–H and O–H groups in total. The molecule has 0 saturated carbocycles. The summed E-state index contributed by atoms with van der Waals surface area (Å²) in [4.78, 5) is 2.26. The van der Waals surface area contributed by atoms with Crippen molar-refractivity contribution in [2.45, 2.75) is 33.4 Å². The van der Waals surface area contributed by atoms with Gasteiger partial charge in [-0.1, -0.05) is 29.8 Å². The van der Waals surface area contributed by atoms with Crippen LogP contribution in [0.3, 0.4) is 0 Å². The summed E-state index contributed by atoms with van der Waals surface area (Å²) in [7, 11) is 4.25. The molecule has 2 aromatic rings. The van der Waals surface area contributed by atoms with E-state index in [-0.39, 0.29) is 0 Å². The SMILES string of the molecule is Cc1ccc([C@H](CNCc2c(C)n[nH]c2C)N(C)C)cc1. The van der Waals surface area contributed by atoms with Crippen molar-refractivity contribution in [3.63, 3.8) is 0 Å². The molecule has 1 aromatic carbocycles. The van der Waals surface area contributed by atoms with Gasteiger partial charge in [0.2, 0.25) is 0 Å². The molecular formula is C17H26N4. The predicted octanol–water partition coefficient (Wildman–Crippen LogP) is 2.73. The van der Waals surface area contributed by atoms with Crippen LogP contribution in [0.15, 0.2) is 24.3 Å². The predicted molar refractivity (Wildman–Crippen MR) is 87.4 cm³/mol. The smallest absolute Gasteiger partial charge is 0.0638 e. The third-order valence-corrected chi connectivity index (χ3v) is 4.01. The summed E-state index contributed by atoms with van der Waals surface area (Å²) in [6.07, 6.45) is 0. The fourth-order valence-electron chi connectivity index (χ4n) is 2.56. The largest absolute Gasteiger partial charge is 0.311 e. The Labute approximate surface area is 127 Å². The third-order valence-electron chi connectivity index (χ3n) is 4.01. The molecular weight excluding hydrogens is 260 g/mol. The molecule has 4 nitrogen and oxygen atoms in total. The van der Waals surface area contributed by atoms with Crippen molar-refractivity contribution >= 4 is 0 Å². The Bertz CT molecular complexity index is 549. The Balaban J connectivity index is 1.99. The average molecular weight is 286 g/mol. The Morgan fingerprint density at radius 3 is 2.33 bits per heavy atom. The van der Waals surface area contributed by atoms with Gasteiger partial charge >= 0.3 is 0 Å². The number of hydrogen-bond acceptors (Lipinski definition) is 3. The summed E-state index contributed by atoms with van der Waals surface area (Å²) in [5, 5.41) is 10.8. The van der Waals surface area contributed by atoms with Crippen molar-refractivity contribution < 1.29 is 0 Å². The van der Waals surface area contributed by atoms with Gasteiger partial charge in [-0.3, -0.25) is 5.10 Å². The van der Waals surface area contributed by atoms with Gasteiger partial charge in [-0.2, -0.15) is 5.10 Å². The van der Waals surface area contributed by atoms with Gasteiger partial charge < -0.3 is 10.2 Å². The van der Waals surface area contributed by atoms with Gasteiger partial charge in [0, 0.05) is 30.4 Å². The van der Waals surface area contributed by atoms with Gasteiger partial charge in [-0.25, -0.2) is 0 Å². The van der Waals surface area contributed by atoms with Crippen LogP contribution in [0.1, 0.15) is 34.1 Å². The zero-order chi connectivity index (χ0) is 15.4. The molecule has 2 rings (SSSR count). The molecule has 1 aromatic heterocycles. The van der Waals surface area contributed by atoms with Crippen LogP contribution >= 0.6 is 0 Å². The molecule has 0 spiro atoms. The van der Waals surface area contributed by atoms with Gasteiger partial charge in [0.05, 0.1) is 5.69 Å². The summed E-state index contributed by atoms with van der Waals surface area (Å²) in [6, 6.07) is 9.16. The Kier molecular flexibility index (Phi) is 5.15. The second kappa shape index (κ2) is 6.87. The summed E-state index contributed by atoms with van der Waals surface area (Å²) >= 11 is 0. The molecule has 1 heterocycles. The van der Waals surface area contributed by atoms with E-state index in [1.165, 1.54) is 16.7 Å². The molecule has 4 heteroatoms. The molecule has 21 heavy (non-hydrogen) atoms. The first-order valence-corrected chi connectivity index (χ1v) is 7.43. The Hall–Kier alpha value is -1.65. The first-order chi connectivity index (χ1) is 9.99. The molecule has 0 saturated heterocycles.